The predicted molar refractivity (Wildman–Crippen MR) is 118 cm³/mol. The number of likely N-dealkylation sites (N-methyl/N-ethyl adjacent to an activating group) is 1. The molecule has 1 aromatic carbocycles. The Balaban J connectivity index is 1.72. The third-order valence-corrected chi connectivity index (χ3v) is 6.93. The topological polar surface area (TPSA) is 51.4 Å². The normalized spacial score (nSPS) is 21.4. The van der Waals surface area contributed by atoms with Crippen molar-refractivity contribution in [2.45, 2.75) is 44.3 Å². The number of rotatable bonds is 5. The Labute approximate surface area is 171 Å². The van der Waals surface area contributed by atoms with Crippen LogP contribution >= 0.6 is 11.8 Å². The molecule has 4 rings (SSSR count). The largest absolute Gasteiger partial charge is 0.349 e. The zero-order valence-corrected chi connectivity index (χ0v) is 18.0. The Kier molecular flexibility index (Phi) is 5.43. The van der Waals surface area contributed by atoms with Gasteiger partial charge in [-0.3, -0.25) is 4.90 Å². The molecule has 0 fully saturated rings. The summed E-state index contributed by atoms with van der Waals surface area (Å²) in [6.07, 6.45) is 3.32. The van der Waals surface area contributed by atoms with Crippen LogP contribution in [0.5, 0.6) is 0 Å². The van der Waals surface area contributed by atoms with Crippen LogP contribution in [0, 0.1) is 0 Å². The van der Waals surface area contributed by atoms with Gasteiger partial charge in [-0.05, 0) is 55.8 Å². The zero-order chi connectivity index (χ0) is 19.8. The summed E-state index contributed by atoms with van der Waals surface area (Å²) >= 11 is 1.90. The molecule has 2 aromatic rings. The summed E-state index contributed by atoms with van der Waals surface area (Å²) in [7, 11) is 2.18. The number of nitrogens with one attached hydrogen (secondary N) is 2. The van der Waals surface area contributed by atoms with E-state index in [4.69, 9.17) is 0 Å². The number of aromatic amines is 1. The summed E-state index contributed by atoms with van der Waals surface area (Å²) < 4.78 is 0. The van der Waals surface area contributed by atoms with Crippen LogP contribution in [-0.4, -0.2) is 65.3 Å². The second-order valence-corrected chi connectivity index (χ2v) is 8.88. The third kappa shape index (κ3) is 3.22. The van der Waals surface area contributed by atoms with Gasteiger partial charge >= 0.3 is 6.03 Å². The van der Waals surface area contributed by atoms with E-state index in [-0.39, 0.29) is 12.1 Å². The number of amides is 2. The second-order valence-electron chi connectivity index (χ2n) is 7.60. The van der Waals surface area contributed by atoms with E-state index in [0.717, 1.165) is 31.8 Å². The van der Waals surface area contributed by atoms with Crippen LogP contribution < -0.4 is 5.32 Å². The van der Waals surface area contributed by atoms with Gasteiger partial charge < -0.3 is 15.2 Å². The lowest BCUT2D eigenvalue weighted by Gasteiger charge is -2.40. The first-order valence-corrected chi connectivity index (χ1v) is 11.3. The minimum atomic E-state index is 0.0247. The van der Waals surface area contributed by atoms with Crippen molar-refractivity contribution in [2.75, 3.05) is 32.4 Å². The SMILES string of the molecule is CCSc1[nH]c2cccc3c2c1C[C@@H]1C3=C[C@H](NC(=O)N(CC)CC)CN1C. The average molecular weight is 399 g/mol. The summed E-state index contributed by atoms with van der Waals surface area (Å²) in [5.74, 6) is 1.07. The van der Waals surface area contributed by atoms with Crippen LogP contribution in [0.4, 0.5) is 4.79 Å². The molecule has 2 N–H and O–H groups in total. The van der Waals surface area contributed by atoms with Crippen molar-refractivity contribution >= 4 is 34.3 Å². The molecule has 150 valence electrons. The quantitative estimate of drug-likeness (QED) is 0.750. The highest BCUT2D eigenvalue weighted by Crippen LogP contribution is 2.43. The molecule has 0 saturated carbocycles. The molecule has 5 nitrogen and oxygen atoms in total. The molecular formula is C22H30N4OS. The summed E-state index contributed by atoms with van der Waals surface area (Å²) in [5.41, 5.74) is 5.34. The Morgan fingerprint density at radius 1 is 1.32 bits per heavy atom. The number of fused-ring (bicyclic) bond motifs is 2. The first kappa shape index (κ1) is 19.4. The van der Waals surface area contributed by atoms with Crippen LogP contribution in [-0.2, 0) is 6.42 Å². The van der Waals surface area contributed by atoms with E-state index in [1.807, 2.05) is 30.5 Å². The Bertz CT molecular complexity index is 915. The maximum Gasteiger partial charge on any atom is 0.317 e. The molecule has 0 radical (unpaired) electrons. The lowest BCUT2D eigenvalue weighted by molar-refractivity contribution is 0.193. The number of carbonyl (C=O) groups excluding carboxylic acids is 1. The molecular weight excluding hydrogens is 368 g/mol. The molecule has 0 spiro atoms. The molecule has 2 atom stereocenters. The Morgan fingerprint density at radius 2 is 2.11 bits per heavy atom. The fraction of sp³-hybridized carbons (Fsp3) is 0.500. The smallest absolute Gasteiger partial charge is 0.317 e. The van der Waals surface area contributed by atoms with Crippen molar-refractivity contribution in [3.05, 3.63) is 35.4 Å². The Hall–Kier alpha value is -1.92. The van der Waals surface area contributed by atoms with Crippen LogP contribution in [0.25, 0.3) is 16.5 Å². The van der Waals surface area contributed by atoms with Gasteiger partial charge in [0.15, 0.2) is 0 Å². The highest BCUT2D eigenvalue weighted by Gasteiger charge is 2.35. The van der Waals surface area contributed by atoms with Crippen molar-refractivity contribution in [3.8, 4) is 0 Å². The van der Waals surface area contributed by atoms with Crippen molar-refractivity contribution in [1.29, 1.82) is 0 Å². The predicted octanol–water partition coefficient (Wildman–Crippen LogP) is 3.95. The standard InChI is InChI=1S/C22H30N4OS/c1-5-26(6-2)22(27)23-14-11-16-15-9-8-10-18-20(15)17(21(24-18)28-7-3)12-19(16)25(4)13-14/h8-11,14,19,24H,5-7,12-13H2,1-4H3,(H,23,27)/t14-,19+/m0/s1. The molecule has 1 aliphatic carbocycles. The fourth-order valence-electron chi connectivity index (χ4n) is 4.63. The summed E-state index contributed by atoms with van der Waals surface area (Å²) in [5, 5.41) is 5.90. The van der Waals surface area contributed by atoms with Crippen molar-refractivity contribution in [3.63, 3.8) is 0 Å². The van der Waals surface area contributed by atoms with Crippen LogP contribution in [0.3, 0.4) is 0 Å². The van der Waals surface area contributed by atoms with E-state index in [0.29, 0.717) is 6.04 Å². The van der Waals surface area contributed by atoms with E-state index in [9.17, 15) is 4.79 Å². The molecule has 0 unspecified atom stereocenters. The molecule has 2 aliphatic rings. The lowest BCUT2D eigenvalue weighted by Crippen LogP contribution is -2.52. The third-order valence-electron chi connectivity index (χ3n) is 6.00. The first-order chi connectivity index (χ1) is 13.6. The molecule has 28 heavy (non-hydrogen) atoms. The maximum atomic E-state index is 12.6. The highest BCUT2D eigenvalue weighted by atomic mass is 32.2. The number of thioether (sulfide) groups is 1. The van der Waals surface area contributed by atoms with Gasteiger partial charge in [0, 0.05) is 36.6 Å². The molecule has 0 saturated heterocycles. The highest BCUT2D eigenvalue weighted by molar-refractivity contribution is 7.99. The second kappa shape index (κ2) is 7.84. The monoisotopic (exact) mass is 398 g/mol. The van der Waals surface area contributed by atoms with Crippen LogP contribution in [0.15, 0.2) is 29.3 Å². The summed E-state index contributed by atoms with van der Waals surface area (Å²) in [6, 6.07) is 6.97. The minimum Gasteiger partial charge on any atom is -0.349 e. The van der Waals surface area contributed by atoms with Crippen LogP contribution in [0.2, 0.25) is 0 Å². The number of urea groups is 1. The lowest BCUT2D eigenvalue weighted by atomic mass is 9.81. The molecule has 2 amide bonds. The molecule has 2 heterocycles. The molecule has 0 bridgehead atoms. The van der Waals surface area contributed by atoms with E-state index in [2.05, 4.69) is 53.4 Å². The van der Waals surface area contributed by atoms with Gasteiger partial charge in [-0.2, -0.15) is 0 Å². The van der Waals surface area contributed by atoms with Gasteiger partial charge in [-0.25, -0.2) is 4.79 Å². The number of H-pyrrole nitrogens is 1. The van der Waals surface area contributed by atoms with Gasteiger partial charge in [-0.1, -0.05) is 25.1 Å². The first-order valence-electron chi connectivity index (χ1n) is 10.3. The molecule has 1 aromatic heterocycles. The summed E-state index contributed by atoms with van der Waals surface area (Å²) in [6.45, 7) is 8.54. The number of benzene rings is 1. The Morgan fingerprint density at radius 3 is 2.82 bits per heavy atom. The van der Waals surface area contributed by atoms with E-state index >= 15 is 0 Å². The van der Waals surface area contributed by atoms with E-state index in [1.165, 1.54) is 32.6 Å². The van der Waals surface area contributed by atoms with Gasteiger partial charge in [0.25, 0.3) is 0 Å². The van der Waals surface area contributed by atoms with Crippen LogP contribution in [0.1, 0.15) is 31.9 Å². The molecule has 1 aliphatic heterocycles. The number of carbonyl (C=O) groups is 1. The maximum absolute atomic E-state index is 12.6. The number of nitrogens with zero attached hydrogens (tertiary/aromatic N) is 2. The zero-order valence-electron chi connectivity index (χ0n) is 17.2. The van der Waals surface area contributed by atoms with E-state index in [1.54, 1.807) is 0 Å². The van der Waals surface area contributed by atoms with Crippen molar-refractivity contribution in [2.24, 2.45) is 0 Å². The summed E-state index contributed by atoms with van der Waals surface area (Å²) in [4.78, 5) is 20.4. The number of hydrogen-bond donors (Lipinski definition) is 2. The van der Waals surface area contributed by atoms with Gasteiger partial charge in [0.1, 0.15) is 0 Å². The van der Waals surface area contributed by atoms with Gasteiger partial charge in [-0.15, -0.1) is 11.8 Å². The van der Waals surface area contributed by atoms with Gasteiger partial charge in [0.05, 0.1) is 11.1 Å². The van der Waals surface area contributed by atoms with Crippen molar-refractivity contribution < 1.29 is 4.79 Å². The number of hydrogen-bond acceptors (Lipinski definition) is 3. The van der Waals surface area contributed by atoms with E-state index < -0.39 is 0 Å². The van der Waals surface area contributed by atoms with Crippen molar-refractivity contribution in [1.82, 2.24) is 20.1 Å². The minimum absolute atomic E-state index is 0.0247. The van der Waals surface area contributed by atoms with Gasteiger partial charge in [0.2, 0.25) is 0 Å². The average Bonchev–Trinajstić information content (AvgIpc) is 3.03. The number of aromatic nitrogens is 1. The fourth-order valence-corrected chi connectivity index (χ4v) is 5.46. The molecule has 6 heteroatoms.